The van der Waals surface area contributed by atoms with Gasteiger partial charge in [0.05, 0.1) is 0 Å². The summed E-state index contributed by atoms with van der Waals surface area (Å²) >= 11 is 0. The predicted molar refractivity (Wildman–Crippen MR) is 86.2 cm³/mol. The zero-order chi connectivity index (χ0) is 15.1. The highest BCUT2D eigenvalue weighted by Crippen LogP contribution is 2.18. The van der Waals surface area contributed by atoms with Crippen molar-refractivity contribution in [3.63, 3.8) is 0 Å². The van der Waals surface area contributed by atoms with Crippen LogP contribution in [0, 0.1) is 13.8 Å². The number of ether oxygens (including phenoxy) is 1. The second-order valence-electron chi connectivity index (χ2n) is 5.04. The first-order valence-electron chi connectivity index (χ1n) is 7.08. The molecule has 5 nitrogen and oxygen atoms in total. The number of hydrogen-bond donors (Lipinski definition) is 2. The Labute approximate surface area is 125 Å². The molecule has 2 N–H and O–H groups in total. The van der Waals surface area contributed by atoms with E-state index in [1.165, 1.54) is 11.1 Å². The third-order valence-electron chi connectivity index (χ3n) is 2.96. The van der Waals surface area contributed by atoms with Gasteiger partial charge in [-0.05, 0) is 49.6 Å². The van der Waals surface area contributed by atoms with Crippen LogP contribution in [0.2, 0.25) is 0 Å². The number of anilines is 3. The quantitative estimate of drug-likeness (QED) is 0.765. The second kappa shape index (κ2) is 7.59. The Balaban J connectivity index is 2.00. The standard InChI is InChI=1S/C16H22N4O/c1-12-9-13(2)11-14(10-12)19-15-5-7-18-16(20-15)17-6-4-8-21-3/h5,7,9-11H,4,6,8H2,1-3H3,(H2,17,18,19,20). The summed E-state index contributed by atoms with van der Waals surface area (Å²) in [6, 6.07) is 8.20. The van der Waals surface area contributed by atoms with E-state index in [-0.39, 0.29) is 0 Å². The van der Waals surface area contributed by atoms with Crippen molar-refractivity contribution < 1.29 is 4.74 Å². The highest BCUT2D eigenvalue weighted by molar-refractivity contribution is 5.58. The molecular weight excluding hydrogens is 264 g/mol. The van der Waals surface area contributed by atoms with Crippen LogP contribution in [0.4, 0.5) is 17.5 Å². The van der Waals surface area contributed by atoms with Gasteiger partial charge >= 0.3 is 0 Å². The Morgan fingerprint density at radius 2 is 1.90 bits per heavy atom. The van der Waals surface area contributed by atoms with Gasteiger partial charge in [0.25, 0.3) is 0 Å². The van der Waals surface area contributed by atoms with Gasteiger partial charge < -0.3 is 15.4 Å². The van der Waals surface area contributed by atoms with Crippen molar-refractivity contribution in [3.8, 4) is 0 Å². The van der Waals surface area contributed by atoms with Gasteiger partial charge in [-0.1, -0.05) is 6.07 Å². The average molecular weight is 286 g/mol. The summed E-state index contributed by atoms with van der Waals surface area (Å²) in [6.07, 6.45) is 2.67. The lowest BCUT2D eigenvalue weighted by Crippen LogP contribution is -2.08. The van der Waals surface area contributed by atoms with Gasteiger partial charge in [-0.2, -0.15) is 4.98 Å². The van der Waals surface area contributed by atoms with Crippen molar-refractivity contribution in [2.45, 2.75) is 20.3 Å². The third kappa shape index (κ3) is 5.04. The SMILES string of the molecule is COCCCNc1nccc(Nc2cc(C)cc(C)c2)n1. The fourth-order valence-corrected chi connectivity index (χ4v) is 2.12. The molecule has 1 aromatic carbocycles. The molecule has 2 aromatic rings. The smallest absolute Gasteiger partial charge is 0.224 e. The topological polar surface area (TPSA) is 59.1 Å². The maximum atomic E-state index is 5.01. The molecule has 0 saturated carbocycles. The third-order valence-corrected chi connectivity index (χ3v) is 2.96. The zero-order valence-corrected chi connectivity index (χ0v) is 12.8. The number of aromatic nitrogens is 2. The molecule has 0 spiro atoms. The van der Waals surface area contributed by atoms with E-state index in [2.05, 4.69) is 52.6 Å². The maximum absolute atomic E-state index is 5.01. The van der Waals surface area contributed by atoms with Gasteiger partial charge in [0.1, 0.15) is 5.82 Å². The van der Waals surface area contributed by atoms with Crippen molar-refractivity contribution in [3.05, 3.63) is 41.6 Å². The Morgan fingerprint density at radius 3 is 2.62 bits per heavy atom. The fourth-order valence-electron chi connectivity index (χ4n) is 2.12. The van der Waals surface area contributed by atoms with E-state index in [0.717, 1.165) is 31.1 Å². The second-order valence-corrected chi connectivity index (χ2v) is 5.04. The molecule has 5 heteroatoms. The summed E-state index contributed by atoms with van der Waals surface area (Å²) in [6.45, 7) is 5.69. The molecule has 2 rings (SSSR count). The summed E-state index contributed by atoms with van der Waals surface area (Å²) in [7, 11) is 1.70. The van der Waals surface area contributed by atoms with E-state index < -0.39 is 0 Å². The Morgan fingerprint density at radius 1 is 1.14 bits per heavy atom. The summed E-state index contributed by atoms with van der Waals surface area (Å²) in [4.78, 5) is 8.66. The van der Waals surface area contributed by atoms with Crippen LogP contribution in [0.1, 0.15) is 17.5 Å². The van der Waals surface area contributed by atoms with Gasteiger partial charge in [0.2, 0.25) is 5.95 Å². The van der Waals surface area contributed by atoms with E-state index in [9.17, 15) is 0 Å². The lowest BCUT2D eigenvalue weighted by atomic mass is 10.1. The Bertz CT molecular complexity index is 566. The molecule has 0 aliphatic carbocycles. The summed E-state index contributed by atoms with van der Waals surface area (Å²) in [5.41, 5.74) is 3.49. The van der Waals surface area contributed by atoms with E-state index in [4.69, 9.17) is 4.74 Å². The fraction of sp³-hybridized carbons (Fsp3) is 0.375. The van der Waals surface area contributed by atoms with E-state index >= 15 is 0 Å². The first kappa shape index (κ1) is 15.3. The van der Waals surface area contributed by atoms with Crippen LogP contribution in [0.25, 0.3) is 0 Å². The molecule has 112 valence electrons. The van der Waals surface area contributed by atoms with Crippen LogP contribution in [-0.4, -0.2) is 30.2 Å². The molecule has 0 aliphatic heterocycles. The van der Waals surface area contributed by atoms with Crippen molar-refractivity contribution in [2.75, 3.05) is 30.9 Å². The van der Waals surface area contributed by atoms with Crippen LogP contribution in [0.15, 0.2) is 30.5 Å². The number of aryl methyl sites for hydroxylation is 2. The van der Waals surface area contributed by atoms with E-state index in [1.54, 1.807) is 13.3 Å². The normalized spacial score (nSPS) is 10.4. The molecule has 0 aliphatic rings. The lowest BCUT2D eigenvalue weighted by Gasteiger charge is -2.09. The summed E-state index contributed by atoms with van der Waals surface area (Å²) in [5.74, 6) is 1.41. The number of methoxy groups -OCH3 is 1. The van der Waals surface area contributed by atoms with Gasteiger partial charge in [-0.15, -0.1) is 0 Å². The molecule has 0 unspecified atom stereocenters. The van der Waals surface area contributed by atoms with Crippen molar-refractivity contribution in [2.24, 2.45) is 0 Å². The van der Waals surface area contributed by atoms with Crippen LogP contribution >= 0.6 is 0 Å². The number of nitrogens with zero attached hydrogens (tertiary/aromatic N) is 2. The van der Waals surface area contributed by atoms with Crippen LogP contribution in [-0.2, 0) is 4.74 Å². The predicted octanol–water partition coefficient (Wildman–Crippen LogP) is 3.29. The van der Waals surface area contributed by atoms with E-state index in [1.807, 2.05) is 6.07 Å². The van der Waals surface area contributed by atoms with Crippen LogP contribution in [0.3, 0.4) is 0 Å². The minimum absolute atomic E-state index is 0.625. The summed E-state index contributed by atoms with van der Waals surface area (Å²) < 4.78 is 5.01. The molecule has 21 heavy (non-hydrogen) atoms. The van der Waals surface area contributed by atoms with Gasteiger partial charge in [-0.3, -0.25) is 0 Å². The molecule has 0 bridgehead atoms. The molecule has 1 aromatic heterocycles. The lowest BCUT2D eigenvalue weighted by molar-refractivity contribution is 0.197. The molecular formula is C16H22N4O. The monoisotopic (exact) mass is 286 g/mol. The average Bonchev–Trinajstić information content (AvgIpc) is 2.43. The van der Waals surface area contributed by atoms with Gasteiger partial charge in [0, 0.05) is 32.1 Å². The first-order valence-corrected chi connectivity index (χ1v) is 7.08. The van der Waals surface area contributed by atoms with Gasteiger partial charge in [-0.25, -0.2) is 4.98 Å². The van der Waals surface area contributed by atoms with Crippen molar-refractivity contribution in [1.82, 2.24) is 9.97 Å². The maximum Gasteiger partial charge on any atom is 0.224 e. The number of rotatable bonds is 7. The molecule has 0 radical (unpaired) electrons. The Kier molecular flexibility index (Phi) is 5.51. The number of benzene rings is 1. The highest BCUT2D eigenvalue weighted by atomic mass is 16.5. The minimum atomic E-state index is 0.625. The van der Waals surface area contributed by atoms with Crippen LogP contribution in [0.5, 0.6) is 0 Å². The van der Waals surface area contributed by atoms with E-state index in [0.29, 0.717) is 5.95 Å². The molecule has 1 heterocycles. The van der Waals surface area contributed by atoms with Crippen molar-refractivity contribution >= 4 is 17.5 Å². The van der Waals surface area contributed by atoms with Crippen LogP contribution < -0.4 is 10.6 Å². The van der Waals surface area contributed by atoms with Gasteiger partial charge in [0.15, 0.2) is 0 Å². The zero-order valence-electron chi connectivity index (χ0n) is 12.8. The molecule has 0 fully saturated rings. The molecule has 0 atom stereocenters. The molecule has 0 saturated heterocycles. The largest absolute Gasteiger partial charge is 0.385 e. The number of hydrogen-bond acceptors (Lipinski definition) is 5. The first-order chi connectivity index (χ1) is 10.2. The molecule has 0 amide bonds. The number of nitrogens with one attached hydrogen (secondary N) is 2. The van der Waals surface area contributed by atoms with Crippen molar-refractivity contribution in [1.29, 1.82) is 0 Å². The summed E-state index contributed by atoms with van der Waals surface area (Å²) in [5, 5.41) is 6.50. The Hall–Kier alpha value is -2.14. The highest BCUT2D eigenvalue weighted by Gasteiger charge is 2.01. The minimum Gasteiger partial charge on any atom is -0.385 e.